The van der Waals surface area contributed by atoms with Gasteiger partial charge in [-0.15, -0.1) is 0 Å². The third-order valence-corrected chi connectivity index (χ3v) is 8.58. The summed E-state index contributed by atoms with van der Waals surface area (Å²) in [6.07, 6.45) is 2.25. The van der Waals surface area contributed by atoms with Gasteiger partial charge in [0.15, 0.2) is 21.3 Å². The maximum atomic E-state index is 14.5. The fourth-order valence-electron chi connectivity index (χ4n) is 5.23. The van der Waals surface area contributed by atoms with Gasteiger partial charge in [-0.1, -0.05) is 12.1 Å². The normalized spacial score (nSPS) is 15.3. The number of nitrogens with two attached hydrogens (primary N) is 1. The third kappa shape index (κ3) is 7.05. The summed E-state index contributed by atoms with van der Waals surface area (Å²) in [5, 5.41) is 6.01. The van der Waals surface area contributed by atoms with Crippen LogP contribution in [0.5, 0.6) is 11.5 Å². The quantitative estimate of drug-likeness (QED) is 0.307. The van der Waals surface area contributed by atoms with Crippen molar-refractivity contribution in [1.29, 1.82) is 0 Å². The number of nitrogens with one attached hydrogen (secondary N) is 2. The topological polar surface area (TPSA) is 160 Å². The number of hydrogen-bond acceptors (Lipinski definition) is 8. The third-order valence-electron chi connectivity index (χ3n) is 7.41. The average Bonchev–Trinajstić information content (AvgIpc) is 3.48. The predicted molar refractivity (Wildman–Crippen MR) is 167 cm³/mol. The van der Waals surface area contributed by atoms with Crippen molar-refractivity contribution >= 4 is 39.1 Å². The Hall–Kier alpha value is -4.78. The largest absolute Gasteiger partial charge is 0.493 e. The van der Waals surface area contributed by atoms with Crippen LogP contribution in [0.25, 0.3) is 0 Å². The molecule has 3 aromatic carbocycles. The number of ether oxygens (including phenoxy) is 2. The number of benzene rings is 3. The minimum absolute atomic E-state index is 0.0786. The number of sulfone groups is 1. The van der Waals surface area contributed by atoms with Gasteiger partial charge in [0, 0.05) is 43.8 Å². The van der Waals surface area contributed by atoms with Crippen LogP contribution in [-0.4, -0.2) is 77.2 Å². The summed E-state index contributed by atoms with van der Waals surface area (Å²) < 4.78 is 36.6. The Morgan fingerprint density at radius 2 is 1.70 bits per heavy atom. The highest BCUT2D eigenvalue weighted by atomic mass is 32.2. The van der Waals surface area contributed by atoms with E-state index in [-0.39, 0.29) is 22.4 Å². The number of urea groups is 1. The highest BCUT2D eigenvalue weighted by Gasteiger charge is 2.37. The molecule has 1 saturated heterocycles. The van der Waals surface area contributed by atoms with E-state index in [9.17, 15) is 22.8 Å². The molecule has 0 bridgehead atoms. The second-order valence-electron chi connectivity index (χ2n) is 10.7. The molecule has 4 rings (SSSR count). The summed E-state index contributed by atoms with van der Waals surface area (Å²) in [6.45, 7) is 0.369. The zero-order valence-electron chi connectivity index (χ0n) is 25.3. The maximum Gasteiger partial charge on any atom is 0.321 e. The molecule has 44 heavy (non-hydrogen) atoms. The highest BCUT2D eigenvalue weighted by molar-refractivity contribution is 7.90. The molecule has 1 heterocycles. The molecule has 0 aliphatic carbocycles. The van der Waals surface area contributed by atoms with E-state index in [1.165, 1.54) is 31.3 Å². The molecule has 1 aliphatic rings. The van der Waals surface area contributed by atoms with Gasteiger partial charge in [0.05, 0.1) is 25.2 Å². The Kier molecular flexibility index (Phi) is 9.68. The standard InChI is InChI=1S/C31H37N5O7S/c1-35(2)31(39)34-22-12-14-27(44(5,40)41)23(18-22)24-10-7-15-36(24)30(38)28(19-11-13-25(42-3)26(17-19)43-4)33-21-9-6-8-20(16-21)29(32)37/h6,8-9,11-14,16-18,24,28,33H,7,10,15H2,1-5H3,(H2,32,37)(H,34,39)/t24-,28+/m1/s1. The van der Waals surface area contributed by atoms with E-state index >= 15 is 0 Å². The van der Waals surface area contributed by atoms with Crippen LogP contribution in [0.2, 0.25) is 0 Å². The molecule has 1 aliphatic heterocycles. The summed E-state index contributed by atoms with van der Waals surface area (Å²) in [4.78, 5) is 41.8. The van der Waals surface area contributed by atoms with Gasteiger partial charge in [0.1, 0.15) is 6.04 Å². The molecule has 0 aromatic heterocycles. The van der Waals surface area contributed by atoms with Gasteiger partial charge in [-0.3, -0.25) is 9.59 Å². The fourth-order valence-corrected chi connectivity index (χ4v) is 6.17. The number of nitrogens with zero attached hydrogens (tertiary/aromatic N) is 2. The maximum absolute atomic E-state index is 14.5. The van der Waals surface area contributed by atoms with Crippen LogP contribution in [0, 0.1) is 0 Å². The van der Waals surface area contributed by atoms with Gasteiger partial charge in [-0.05, 0) is 72.5 Å². The summed E-state index contributed by atoms with van der Waals surface area (Å²) in [6, 6.07) is 14.3. The van der Waals surface area contributed by atoms with Crippen molar-refractivity contribution in [1.82, 2.24) is 9.80 Å². The first-order valence-electron chi connectivity index (χ1n) is 13.8. The molecule has 0 saturated carbocycles. The summed E-state index contributed by atoms with van der Waals surface area (Å²) >= 11 is 0. The molecule has 12 nitrogen and oxygen atoms in total. The van der Waals surface area contributed by atoms with E-state index in [1.807, 2.05) is 0 Å². The van der Waals surface area contributed by atoms with Gasteiger partial charge in [-0.2, -0.15) is 0 Å². The number of primary amides is 1. The highest BCUT2D eigenvalue weighted by Crippen LogP contribution is 2.40. The van der Waals surface area contributed by atoms with Crippen LogP contribution < -0.4 is 25.8 Å². The van der Waals surface area contributed by atoms with Crippen LogP contribution >= 0.6 is 0 Å². The molecule has 3 aromatic rings. The number of likely N-dealkylation sites (tertiary alicyclic amines) is 1. The van der Waals surface area contributed by atoms with Crippen molar-refractivity contribution in [3.8, 4) is 11.5 Å². The van der Waals surface area contributed by atoms with Crippen LogP contribution in [0.1, 0.15) is 46.4 Å². The van der Waals surface area contributed by atoms with E-state index in [0.29, 0.717) is 53.4 Å². The Bertz CT molecular complexity index is 1680. The van der Waals surface area contributed by atoms with E-state index in [0.717, 1.165) is 6.26 Å². The van der Waals surface area contributed by atoms with E-state index in [2.05, 4.69) is 10.6 Å². The summed E-state index contributed by atoms with van der Waals surface area (Å²) in [5.41, 5.74) is 7.61. The zero-order chi connectivity index (χ0) is 32.2. The second-order valence-corrected chi connectivity index (χ2v) is 12.7. The predicted octanol–water partition coefficient (Wildman–Crippen LogP) is 3.82. The van der Waals surface area contributed by atoms with E-state index in [4.69, 9.17) is 15.2 Å². The number of methoxy groups -OCH3 is 2. The number of amides is 4. The lowest BCUT2D eigenvalue weighted by molar-refractivity contribution is -0.133. The lowest BCUT2D eigenvalue weighted by Gasteiger charge is -2.31. The van der Waals surface area contributed by atoms with Gasteiger partial charge < -0.3 is 35.6 Å². The average molecular weight is 624 g/mol. The second kappa shape index (κ2) is 13.2. The minimum atomic E-state index is -3.68. The lowest BCUT2D eigenvalue weighted by atomic mass is 10.0. The monoisotopic (exact) mass is 623 g/mol. The molecule has 4 amide bonds. The zero-order valence-corrected chi connectivity index (χ0v) is 26.1. The molecule has 234 valence electrons. The molecular formula is C31H37N5O7S. The molecule has 4 N–H and O–H groups in total. The van der Waals surface area contributed by atoms with Crippen LogP contribution in [0.3, 0.4) is 0 Å². The van der Waals surface area contributed by atoms with E-state index < -0.39 is 27.8 Å². The Morgan fingerprint density at radius 1 is 0.977 bits per heavy atom. The first kappa shape index (κ1) is 32.1. The van der Waals surface area contributed by atoms with Crippen molar-refractivity contribution in [2.75, 3.05) is 51.7 Å². The van der Waals surface area contributed by atoms with Gasteiger partial charge >= 0.3 is 6.03 Å². The molecule has 13 heteroatoms. The van der Waals surface area contributed by atoms with Gasteiger partial charge in [0.25, 0.3) is 0 Å². The molecule has 2 atom stereocenters. The van der Waals surface area contributed by atoms with Crippen LogP contribution in [0.15, 0.2) is 65.6 Å². The Balaban J connectivity index is 1.79. The van der Waals surface area contributed by atoms with Crippen molar-refractivity contribution in [3.05, 3.63) is 77.4 Å². The number of rotatable bonds is 10. The lowest BCUT2D eigenvalue weighted by Crippen LogP contribution is -2.38. The molecule has 0 spiro atoms. The SMILES string of the molecule is COc1ccc([C@H](Nc2cccc(C(N)=O)c2)C(=O)N2CCC[C@@H]2c2cc(NC(=O)N(C)C)ccc2S(C)(=O)=O)cc1OC. The Labute approximate surface area is 257 Å². The first-order chi connectivity index (χ1) is 20.8. The molecular weight excluding hydrogens is 586 g/mol. The fraction of sp³-hybridized carbons (Fsp3) is 0.323. The number of anilines is 2. The summed E-state index contributed by atoms with van der Waals surface area (Å²) in [7, 11) is 2.51. The summed E-state index contributed by atoms with van der Waals surface area (Å²) in [5.74, 6) is -0.0491. The minimum Gasteiger partial charge on any atom is -0.493 e. The van der Waals surface area contributed by atoms with Crippen molar-refractivity contribution in [2.45, 2.75) is 29.8 Å². The number of carbonyl (C=O) groups excluding carboxylic acids is 3. The van der Waals surface area contributed by atoms with Gasteiger partial charge in [-0.25, -0.2) is 13.2 Å². The first-order valence-corrected chi connectivity index (χ1v) is 15.7. The number of hydrogen-bond donors (Lipinski definition) is 3. The van der Waals surface area contributed by atoms with Crippen molar-refractivity contribution in [3.63, 3.8) is 0 Å². The molecule has 0 radical (unpaired) electrons. The van der Waals surface area contributed by atoms with Crippen LogP contribution in [0.4, 0.5) is 16.2 Å². The number of carbonyl (C=O) groups is 3. The van der Waals surface area contributed by atoms with Crippen molar-refractivity contribution in [2.24, 2.45) is 5.73 Å². The molecule has 1 fully saturated rings. The van der Waals surface area contributed by atoms with Crippen LogP contribution in [-0.2, 0) is 14.6 Å². The van der Waals surface area contributed by atoms with Crippen molar-refractivity contribution < 1.29 is 32.3 Å². The van der Waals surface area contributed by atoms with Gasteiger partial charge in [0.2, 0.25) is 11.8 Å². The Morgan fingerprint density at radius 3 is 2.34 bits per heavy atom. The van der Waals surface area contributed by atoms with E-state index in [1.54, 1.807) is 67.5 Å². The molecule has 0 unspecified atom stereocenters. The smallest absolute Gasteiger partial charge is 0.321 e.